The minimum Gasteiger partial charge on any atom is -0.387 e. The molecule has 20 heavy (non-hydrogen) atoms. The van der Waals surface area contributed by atoms with Gasteiger partial charge in [-0.1, -0.05) is 32.1 Å². The highest BCUT2D eigenvalue weighted by molar-refractivity contribution is 5.24. The lowest BCUT2D eigenvalue weighted by atomic mass is 9.71. The van der Waals surface area contributed by atoms with Crippen LogP contribution in [0.1, 0.15) is 56.6 Å². The van der Waals surface area contributed by atoms with Crippen molar-refractivity contribution in [2.75, 3.05) is 0 Å². The molecule has 1 saturated carbocycles. The van der Waals surface area contributed by atoms with Gasteiger partial charge in [0, 0.05) is 6.07 Å². The zero-order valence-electron chi connectivity index (χ0n) is 11.4. The predicted octanol–water partition coefficient (Wildman–Crippen LogP) is 4.25. The second kappa shape index (κ2) is 6.32. The third-order valence-corrected chi connectivity index (χ3v) is 4.19. The molecular weight excluding hydrogens is 260 g/mol. The van der Waals surface area contributed by atoms with Crippen LogP contribution < -0.4 is 0 Å². The fraction of sp³-hybridized carbons (Fsp3) is 0.562. The first-order valence-corrected chi connectivity index (χ1v) is 7.13. The van der Waals surface area contributed by atoms with E-state index in [0.717, 1.165) is 50.3 Å². The topological polar surface area (TPSA) is 44.0 Å². The van der Waals surface area contributed by atoms with Gasteiger partial charge >= 0.3 is 0 Å². The summed E-state index contributed by atoms with van der Waals surface area (Å²) in [5.74, 6) is -1.45. The highest BCUT2D eigenvalue weighted by Crippen LogP contribution is 2.44. The van der Waals surface area contributed by atoms with Crippen LogP contribution in [0.25, 0.3) is 0 Å². The van der Waals surface area contributed by atoms with E-state index in [-0.39, 0.29) is 5.56 Å². The van der Waals surface area contributed by atoms with E-state index in [4.69, 9.17) is 0 Å². The smallest absolute Gasteiger partial charge is 0.126 e. The fourth-order valence-electron chi connectivity index (χ4n) is 3.03. The number of rotatable bonds is 2. The van der Waals surface area contributed by atoms with Crippen LogP contribution in [-0.2, 0) is 0 Å². The average molecular weight is 279 g/mol. The van der Waals surface area contributed by atoms with Gasteiger partial charge in [-0.25, -0.2) is 8.78 Å². The summed E-state index contributed by atoms with van der Waals surface area (Å²) in [5, 5.41) is 20.0. The Morgan fingerprint density at radius 3 is 2.00 bits per heavy atom. The van der Waals surface area contributed by atoms with E-state index < -0.39 is 23.2 Å². The molecule has 1 fully saturated rings. The van der Waals surface area contributed by atoms with E-state index in [1.54, 1.807) is 0 Å². The molecule has 1 aromatic rings. The summed E-state index contributed by atoms with van der Waals surface area (Å²) in [6.07, 6.45) is 4.94. The third-order valence-electron chi connectivity index (χ3n) is 4.19. The molecule has 0 heterocycles. The predicted molar refractivity (Wildman–Crippen MR) is 71.7 cm³/mol. The molecule has 1 atom stereocenters. The Kier molecular flexibility index (Phi) is 4.72. The van der Waals surface area contributed by atoms with E-state index in [0.29, 0.717) is 12.8 Å². The van der Waals surface area contributed by atoms with Crippen LogP contribution in [0.15, 0.2) is 18.2 Å². The molecular formula is C16H19F2NO. The maximum absolute atomic E-state index is 13.3. The van der Waals surface area contributed by atoms with E-state index in [1.165, 1.54) is 0 Å². The van der Waals surface area contributed by atoms with Crippen LogP contribution >= 0.6 is 0 Å². The van der Waals surface area contributed by atoms with Gasteiger partial charge in [0.1, 0.15) is 11.6 Å². The van der Waals surface area contributed by atoms with Crippen LogP contribution in [0.3, 0.4) is 0 Å². The highest BCUT2D eigenvalue weighted by atomic mass is 19.1. The van der Waals surface area contributed by atoms with Gasteiger partial charge in [0.2, 0.25) is 0 Å². The maximum Gasteiger partial charge on any atom is 0.126 e. The summed E-state index contributed by atoms with van der Waals surface area (Å²) in [6.45, 7) is 0. The van der Waals surface area contributed by atoms with Gasteiger partial charge in [0.25, 0.3) is 0 Å². The average Bonchev–Trinajstić information content (AvgIpc) is 2.37. The first-order chi connectivity index (χ1) is 9.57. The lowest BCUT2D eigenvalue weighted by Gasteiger charge is -2.33. The normalized spacial score (nSPS) is 20.5. The van der Waals surface area contributed by atoms with Gasteiger partial charge in [-0.3, -0.25) is 0 Å². The molecule has 0 bridgehead atoms. The van der Waals surface area contributed by atoms with Crippen LogP contribution in [-0.4, -0.2) is 5.11 Å². The lowest BCUT2D eigenvalue weighted by Crippen LogP contribution is -2.28. The summed E-state index contributed by atoms with van der Waals surface area (Å²) in [5.41, 5.74) is -0.773. The summed E-state index contributed by atoms with van der Waals surface area (Å²) < 4.78 is 26.6. The molecule has 0 spiro atoms. The second-order valence-electron chi connectivity index (χ2n) is 5.64. The minimum atomic E-state index is -1.14. The monoisotopic (exact) mass is 279 g/mol. The largest absolute Gasteiger partial charge is 0.387 e. The minimum absolute atomic E-state index is 0.157. The molecule has 1 aliphatic carbocycles. The number of nitrogens with zero attached hydrogens (tertiary/aromatic N) is 1. The molecule has 1 aromatic carbocycles. The fourth-order valence-corrected chi connectivity index (χ4v) is 3.03. The highest BCUT2D eigenvalue weighted by Gasteiger charge is 2.39. The molecule has 0 radical (unpaired) electrons. The van der Waals surface area contributed by atoms with Crippen LogP contribution in [0.4, 0.5) is 8.78 Å². The molecule has 1 aliphatic rings. The van der Waals surface area contributed by atoms with Crippen molar-refractivity contribution in [1.82, 2.24) is 0 Å². The molecule has 0 aliphatic heterocycles. The maximum atomic E-state index is 13.3. The van der Waals surface area contributed by atoms with Crippen molar-refractivity contribution in [3.8, 4) is 6.07 Å². The van der Waals surface area contributed by atoms with Crippen LogP contribution in [0, 0.1) is 28.4 Å². The zero-order valence-corrected chi connectivity index (χ0v) is 11.4. The summed E-state index contributed by atoms with van der Waals surface area (Å²) in [6, 6.07) is 5.23. The van der Waals surface area contributed by atoms with Gasteiger partial charge in [-0.15, -0.1) is 0 Å². The molecule has 0 aromatic heterocycles. The quantitative estimate of drug-likeness (QED) is 0.879. The first-order valence-electron chi connectivity index (χ1n) is 7.13. The summed E-state index contributed by atoms with van der Waals surface area (Å²) in [7, 11) is 0. The Morgan fingerprint density at radius 2 is 1.50 bits per heavy atom. The van der Waals surface area contributed by atoms with Gasteiger partial charge in [0.05, 0.1) is 17.6 Å². The Balaban J connectivity index is 2.31. The van der Waals surface area contributed by atoms with Crippen molar-refractivity contribution in [3.05, 3.63) is 35.4 Å². The van der Waals surface area contributed by atoms with E-state index in [1.807, 2.05) is 0 Å². The molecule has 1 N–H and O–H groups in total. The van der Waals surface area contributed by atoms with Crippen molar-refractivity contribution in [3.63, 3.8) is 0 Å². The van der Waals surface area contributed by atoms with Crippen LogP contribution in [0.5, 0.6) is 0 Å². The van der Waals surface area contributed by atoms with Crippen molar-refractivity contribution in [2.45, 2.75) is 51.0 Å². The summed E-state index contributed by atoms with van der Waals surface area (Å²) in [4.78, 5) is 0. The van der Waals surface area contributed by atoms with Gasteiger partial charge in [0.15, 0.2) is 0 Å². The SMILES string of the molecule is N#CC1(C(O)c2cc(F)cc(F)c2)CCCCCCC1. The van der Waals surface area contributed by atoms with Gasteiger partial charge < -0.3 is 5.11 Å². The molecule has 0 amide bonds. The van der Waals surface area contributed by atoms with E-state index in [2.05, 4.69) is 6.07 Å². The number of hydrogen-bond acceptors (Lipinski definition) is 2. The number of halogens is 2. The van der Waals surface area contributed by atoms with Crippen molar-refractivity contribution in [1.29, 1.82) is 5.26 Å². The Hall–Kier alpha value is -1.47. The molecule has 108 valence electrons. The molecule has 4 heteroatoms. The number of aliphatic hydroxyl groups is 1. The van der Waals surface area contributed by atoms with E-state index >= 15 is 0 Å². The summed E-state index contributed by atoms with van der Waals surface area (Å²) >= 11 is 0. The van der Waals surface area contributed by atoms with Crippen molar-refractivity contribution >= 4 is 0 Å². The van der Waals surface area contributed by atoms with Crippen molar-refractivity contribution in [2.24, 2.45) is 5.41 Å². The molecule has 1 unspecified atom stereocenters. The Bertz CT molecular complexity index is 481. The standard InChI is InChI=1S/C16H19F2NO/c17-13-8-12(9-14(18)10-13)15(20)16(11-19)6-4-2-1-3-5-7-16/h8-10,15,20H,1-7H2. The van der Waals surface area contributed by atoms with Crippen LogP contribution in [0.2, 0.25) is 0 Å². The number of benzene rings is 1. The Morgan fingerprint density at radius 1 is 1.00 bits per heavy atom. The van der Waals surface area contributed by atoms with Crippen molar-refractivity contribution < 1.29 is 13.9 Å². The van der Waals surface area contributed by atoms with Gasteiger partial charge in [-0.05, 0) is 30.5 Å². The molecule has 0 saturated heterocycles. The second-order valence-corrected chi connectivity index (χ2v) is 5.64. The van der Waals surface area contributed by atoms with E-state index in [9.17, 15) is 19.1 Å². The zero-order chi connectivity index (χ0) is 14.6. The van der Waals surface area contributed by atoms with Gasteiger partial charge in [-0.2, -0.15) is 5.26 Å². The molecule has 2 rings (SSSR count). The number of hydrogen-bond donors (Lipinski definition) is 1. The molecule has 2 nitrogen and oxygen atoms in total. The first kappa shape index (κ1) is 14.9. The lowest BCUT2D eigenvalue weighted by molar-refractivity contribution is 0.0430. The number of nitriles is 1. The Labute approximate surface area is 118 Å². The third kappa shape index (κ3) is 3.16. The number of aliphatic hydroxyl groups excluding tert-OH is 1.